The Labute approximate surface area is 103 Å². The second-order valence-electron chi connectivity index (χ2n) is 4.92. The van der Waals surface area contributed by atoms with E-state index in [1.165, 1.54) is 4.90 Å². The Bertz CT molecular complexity index is 491. The van der Waals surface area contributed by atoms with E-state index in [-0.39, 0.29) is 5.91 Å². The van der Waals surface area contributed by atoms with Crippen molar-refractivity contribution in [3.63, 3.8) is 0 Å². The van der Waals surface area contributed by atoms with Gasteiger partial charge in [0.05, 0.1) is 36.7 Å². The molecule has 98 valence electrons. The molecule has 1 fully saturated rings. The topological polar surface area (TPSA) is 50.2 Å². The zero-order valence-electron chi connectivity index (χ0n) is 9.99. The first-order valence-electron chi connectivity index (χ1n) is 5.85. The van der Waals surface area contributed by atoms with Gasteiger partial charge < -0.3 is 14.8 Å². The van der Waals surface area contributed by atoms with Crippen LogP contribution in [-0.4, -0.2) is 45.9 Å². The number of imidazole rings is 1. The quantitative estimate of drug-likeness (QED) is 0.774. The van der Waals surface area contributed by atoms with Gasteiger partial charge in [-0.25, -0.2) is 13.8 Å². The van der Waals surface area contributed by atoms with E-state index in [4.69, 9.17) is 0 Å². The molecule has 7 heteroatoms. The summed E-state index contributed by atoms with van der Waals surface area (Å²) in [5, 5.41) is 3.10. The Kier molecular flexibility index (Phi) is 2.41. The monoisotopic (exact) mass is 256 g/mol. The van der Waals surface area contributed by atoms with Gasteiger partial charge in [-0.1, -0.05) is 0 Å². The first-order valence-corrected chi connectivity index (χ1v) is 5.85. The lowest BCUT2D eigenvalue weighted by atomic mass is 9.96. The Morgan fingerprint density at radius 2 is 2.28 bits per heavy atom. The van der Waals surface area contributed by atoms with Gasteiger partial charge in [0.15, 0.2) is 0 Å². The van der Waals surface area contributed by atoms with Crippen molar-refractivity contribution in [1.82, 2.24) is 19.8 Å². The van der Waals surface area contributed by atoms with Gasteiger partial charge in [-0.05, 0) is 0 Å². The van der Waals surface area contributed by atoms with Crippen LogP contribution in [0.2, 0.25) is 0 Å². The number of carbonyl (C=O) groups is 1. The molecule has 1 amide bonds. The fourth-order valence-corrected chi connectivity index (χ4v) is 2.60. The SMILES string of the molecule is Cn1cnc2c1C(C(=O)N1CC(F)(F)C1)CNC2. The molecule has 3 rings (SSSR count). The number of aryl methyl sites for hydroxylation is 1. The van der Waals surface area contributed by atoms with Gasteiger partial charge in [-0.2, -0.15) is 0 Å². The average molecular weight is 256 g/mol. The number of amides is 1. The maximum Gasteiger partial charge on any atom is 0.282 e. The minimum atomic E-state index is -2.72. The summed E-state index contributed by atoms with van der Waals surface area (Å²) >= 11 is 0. The molecule has 1 aromatic heterocycles. The fraction of sp³-hybridized carbons (Fsp3) is 0.636. The standard InChI is InChI=1S/C11H14F2N4O/c1-16-6-15-8-3-14-2-7(9(8)16)10(18)17-4-11(12,13)5-17/h6-7,14H,2-5H2,1H3. The molecule has 2 aliphatic rings. The van der Waals surface area contributed by atoms with E-state index in [1.807, 2.05) is 7.05 Å². The van der Waals surface area contributed by atoms with Crippen LogP contribution in [0.4, 0.5) is 8.78 Å². The van der Waals surface area contributed by atoms with E-state index in [1.54, 1.807) is 10.9 Å². The molecule has 0 aliphatic carbocycles. The Morgan fingerprint density at radius 3 is 2.94 bits per heavy atom. The third-order valence-electron chi connectivity index (χ3n) is 3.49. The molecular weight excluding hydrogens is 242 g/mol. The number of carbonyl (C=O) groups excluding carboxylic acids is 1. The van der Waals surface area contributed by atoms with Crippen LogP contribution in [0.5, 0.6) is 0 Å². The Balaban J connectivity index is 1.82. The van der Waals surface area contributed by atoms with E-state index < -0.39 is 24.9 Å². The van der Waals surface area contributed by atoms with Crippen molar-refractivity contribution in [2.24, 2.45) is 7.05 Å². The maximum atomic E-state index is 12.8. The van der Waals surface area contributed by atoms with Crippen LogP contribution < -0.4 is 5.32 Å². The summed E-state index contributed by atoms with van der Waals surface area (Å²) in [6.07, 6.45) is 1.66. The summed E-state index contributed by atoms with van der Waals surface area (Å²) in [7, 11) is 1.82. The van der Waals surface area contributed by atoms with Crippen molar-refractivity contribution in [3.8, 4) is 0 Å². The number of halogens is 2. The predicted octanol–water partition coefficient (Wildman–Crippen LogP) is 0.0844. The lowest BCUT2D eigenvalue weighted by Crippen LogP contribution is -2.60. The molecule has 1 aromatic rings. The number of fused-ring (bicyclic) bond motifs is 1. The van der Waals surface area contributed by atoms with E-state index in [9.17, 15) is 13.6 Å². The molecule has 0 aromatic carbocycles. The van der Waals surface area contributed by atoms with E-state index in [0.29, 0.717) is 13.1 Å². The lowest BCUT2D eigenvalue weighted by Gasteiger charge is -2.41. The van der Waals surface area contributed by atoms with Gasteiger partial charge in [-0.15, -0.1) is 0 Å². The third-order valence-corrected chi connectivity index (χ3v) is 3.49. The molecule has 2 aliphatic heterocycles. The first-order chi connectivity index (χ1) is 8.48. The molecule has 1 atom stereocenters. The number of aromatic nitrogens is 2. The first kappa shape index (κ1) is 11.6. The molecule has 1 N–H and O–H groups in total. The molecule has 0 bridgehead atoms. The summed E-state index contributed by atoms with van der Waals surface area (Å²) in [5.41, 5.74) is 1.67. The molecule has 1 unspecified atom stereocenters. The number of likely N-dealkylation sites (tertiary alicyclic amines) is 1. The number of alkyl halides is 2. The molecule has 0 spiro atoms. The van der Waals surface area contributed by atoms with E-state index >= 15 is 0 Å². The van der Waals surface area contributed by atoms with Gasteiger partial charge in [0.2, 0.25) is 5.91 Å². The summed E-state index contributed by atoms with van der Waals surface area (Å²) < 4.78 is 27.4. The largest absolute Gasteiger partial charge is 0.337 e. The minimum absolute atomic E-state index is 0.238. The second kappa shape index (κ2) is 3.74. The Hall–Kier alpha value is -1.50. The zero-order valence-corrected chi connectivity index (χ0v) is 9.99. The summed E-state index contributed by atoms with van der Waals surface area (Å²) in [6.45, 7) is 0.175. The predicted molar refractivity (Wildman–Crippen MR) is 59.2 cm³/mol. The highest BCUT2D eigenvalue weighted by Crippen LogP contribution is 2.31. The number of rotatable bonds is 1. The molecule has 1 saturated heterocycles. The van der Waals surface area contributed by atoms with Crippen LogP contribution in [-0.2, 0) is 18.4 Å². The Morgan fingerprint density at radius 1 is 1.56 bits per heavy atom. The third kappa shape index (κ3) is 1.69. The maximum absolute atomic E-state index is 12.8. The molecule has 5 nitrogen and oxygen atoms in total. The summed E-state index contributed by atoms with van der Waals surface area (Å²) in [6, 6.07) is 0. The van der Waals surface area contributed by atoms with Crippen LogP contribution in [0.25, 0.3) is 0 Å². The van der Waals surface area contributed by atoms with Crippen molar-refractivity contribution in [2.45, 2.75) is 18.4 Å². The highest BCUT2D eigenvalue weighted by Gasteiger charge is 2.48. The summed E-state index contributed by atoms with van der Waals surface area (Å²) in [4.78, 5) is 17.6. The number of nitrogens with zero attached hydrogens (tertiary/aromatic N) is 3. The number of nitrogens with one attached hydrogen (secondary N) is 1. The van der Waals surface area contributed by atoms with Crippen LogP contribution in [0, 0.1) is 0 Å². The molecule has 18 heavy (non-hydrogen) atoms. The van der Waals surface area contributed by atoms with Gasteiger partial charge in [0, 0.05) is 20.1 Å². The van der Waals surface area contributed by atoms with Crippen LogP contribution in [0.15, 0.2) is 6.33 Å². The van der Waals surface area contributed by atoms with Crippen LogP contribution in [0.1, 0.15) is 17.3 Å². The highest BCUT2D eigenvalue weighted by atomic mass is 19.3. The fourth-order valence-electron chi connectivity index (χ4n) is 2.60. The smallest absolute Gasteiger partial charge is 0.282 e. The minimum Gasteiger partial charge on any atom is -0.337 e. The van der Waals surface area contributed by atoms with Crippen LogP contribution >= 0.6 is 0 Å². The highest BCUT2D eigenvalue weighted by molar-refractivity contribution is 5.85. The van der Waals surface area contributed by atoms with Gasteiger partial charge in [0.1, 0.15) is 0 Å². The molecule has 3 heterocycles. The number of hydrogen-bond acceptors (Lipinski definition) is 3. The molecular formula is C11H14F2N4O. The normalized spacial score (nSPS) is 25.5. The van der Waals surface area contributed by atoms with Crippen molar-refractivity contribution in [3.05, 3.63) is 17.7 Å². The molecule has 0 saturated carbocycles. The van der Waals surface area contributed by atoms with Crippen molar-refractivity contribution in [2.75, 3.05) is 19.6 Å². The van der Waals surface area contributed by atoms with Gasteiger partial charge in [-0.3, -0.25) is 4.79 Å². The summed E-state index contributed by atoms with van der Waals surface area (Å²) in [5.74, 6) is -3.36. The van der Waals surface area contributed by atoms with Gasteiger partial charge >= 0.3 is 0 Å². The molecule has 0 radical (unpaired) electrons. The van der Waals surface area contributed by atoms with Crippen LogP contribution in [0.3, 0.4) is 0 Å². The van der Waals surface area contributed by atoms with Gasteiger partial charge in [0.25, 0.3) is 5.92 Å². The van der Waals surface area contributed by atoms with E-state index in [0.717, 1.165) is 11.4 Å². The van der Waals surface area contributed by atoms with Crippen molar-refractivity contribution in [1.29, 1.82) is 0 Å². The lowest BCUT2D eigenvalue weighted by molar-refractivity contribution is -0.167. The van der Waals surface area contributed by atoms with E-state index in [2.05, 4.69) is 10.3 Å². The average Bonchev–Trinajstić information content (AvgIpc) is 2.67. The zero-order chi connectivity index (χ0) is 12.9. The van der Waals surface area contributed by atoms with Crippen molar-refractivity contribution < 1.29 is 13.6 Å². The second-order valence-corrected chi connectivity index (χ2v) is 4.92. The number of hydrogen-bond donors (Lipinski definition) is 1. The van der Waals surface area contributed by atoms with Crippen molar-refractivity contribution >= 4 is 5.91 Å².